The van der Waals surface area contributed by atoms with Gasteiger partial charge in [0.1, 0.15) is 6.33 Å². The van der Waals surface area contributed by atoms with Crippen LogP contribution in [0.5, 0.6) is 11.5 Å². The molecule has 6 heteroatoms. The summed E-state index contributed by atoms with van der Waals surface area (Å²) in [4.78, 5) is 4.19. The van der Waals surface area contributed by atoms with Crippen LogP contribution in [0, 0.1) is 0 Å². The maximum Gasteiger partial charge on any atom is 0.161 e. The van der Waals surface area contributed by atoms with E-state index < -0.39 is 0 Å². The Morgan fingerprint density at radius 2 is 2.00 bits per heavy atom. The molecule has 0 amide bonds. The quantitative estimate of drug-likeness (QED) is 0.769. The van der Waals surface area contributed by atoms with Crippen molar-refractivity contribution in [1.29, 1.82) is 0 Å². The molecule has 0 aliphatic rings. The zero-order valence-electron chi connectivity index (χ0n) is 12.1. The van der Waals surface area contributed by atoms with E-state index in [1.807, 2.05) is 25.2 Å². The predicted octanol–water partition coefficient (Wildman–Crippen LogP) is 1.16. The summed E-state index contributed by atoms with van der Waals surface area (Å²) >= 11 is 0. The van der Waals surface area contributed by atoms with E-state index >= 15 is 0 Å². The van der Waals surface area contributed by atoms with Crippen LogP contribution in [0.1, 0.15) is 11.4 Å². The van der Waals surface area contributed by atoms with Crippen LogP contribution in [0.25, 0.3) is 0 Å². The van der Waals surface area contributed by atoms with Crippen molar-refractivity contribution >= 4 is 0 Å². The minimum atomic E-state index is 0.744. The molecule has 6 nitrogen and oxygen atoms in total. The maximum absolute atomic E-state index is 5.28. The highest BCUT2D eigenvalue weighted by Crippen LogP contribution is 2.27. The molecule has 2 aromatic rings. The predicted molar refractivity (Wildman–Crippen MR) is 76.0 cm³/mol. The molecule has 0 aliphatic heterocycles. The summed E-state index contributed by atoms with van der Waals surface area (Å²) in [5, 5.41) is 7.60. The van der Waals surface area contributed by atoms with Crippen LogP contribution in [0.2, 0.25) is 0 Å². The van der Waals surface area contributed by atoms with Crippen molar-refractivity contribution in [1.82, 2.24) is 20.1 Å². The number of nitrogens with zero attached hydrogens (tertiary/aromatic N) is 3. The first-order chi connectivity index (χ1) is 9.72. The van der Waals surface area contributed by atoms with Gasteiger partial charge in [0.25, 0.3) is 0 Å². The number of benzene rings is 1. The molecule has 1 aromatic heterocycles. The van der Waals surface area contributed by atoms with Gasteiger partial charge < -0.3 is 14.8 Å². The van der Waals surface area contributed by atoms with E-state index in [1.165, 1.54) is 0 Å². The second-order valence-corrected chi connectivity index (χ2v) is 4.45. The van der Waals surface area contributed by atoms with Crippen LogP contribution in [-0.2, 0) is 20.0 Å². The lowest BCUT2D eigenvalue weighted by atomic mass is 10.2. The van der Waals surface area contributed by atoms with Crippen molar-refractivity contribution in [2.24, 2.45) is 7.05 Å². The fraction of sp³-hybridized carbons (Fsp3) is 0.429. The second kappa shape index (κ2) is 6.91. The third-order valence-corrected chi connectivity index (χ3v) is 2.95. The fourth-order valence-corrected chi connectivity index (χ4v) is 1.92. The maximum atomic E-state index is 5.28. The number of methoxy groups -OCH3 is 2. The SMILES string of the molecule is COc1ccc(CNCCc2ncn(C)n2)cc1OC. The van der Waals surface area contributed by atoms with E-state index in [0.29, 0.717) is 0 Å². The molecule has 0 fully saturated rings. The van der Waals surface area contributed by atoms with E-state index in [1.54, 1.807) is 25.2 Å². The van der Waals surface area contributed by atoms with Crippen molar-refractivity contribution in [2.45, 2.75) is 13.0 Å². The number of hydrogen-bond donors (Lipinski definition) is 1. The molecule has 0 aliphatic carbocycles. The Labute approximate surface area is 118 Å². The minimum Gasteiger partial charge on any atom is -0.493 e. The molecule has 1 aromatic carbocycles. The van der Waals surface area contributed by atoms with Gasteiger partial charge in [-0.3, -0.25) is 4.68 Å². The normalized spacial score (nSPS) is 10.6. The summed E-state index contributed by atoms with van der Waals surface area (Å²) in [6.07, 6.45) is 2.53. The van der Waals surface area contributed by atoms with E-state index in [9.17, 15) is 0 Å². The average molecular weight is 276 g/mol. The number of nitrogens with one attached hydrogen (secondary N) is 1. The Kier molecular flexibility index (Phi) is 4.95. The van der Waals surface area contributed by atoms with Crippen LogP contribution in [-0.4, -0.2) is 35.5 Å². The van der Waals surface area contributed by atoms with Gasteiger partial charge in [0.15, 0.2) is 17.3 Å². The molecule has 0 unspecified atom stereocenters. The average Bonchev–Trinajstić information content (AvgIpc) is 2.89. The Bertz CT molecular complexity index is 554. The largest absolute Gasteiger partial charge is 0.493 e. The molecular weight excluding hydrogens is 256 g/mol. The lowest BCUT2D eigenvalue weighted by Gasteiger charge is -2.10. The van der Waals surface area contributed by atoms with Gasteiger partial charge in [0.2, 0.25) is 0 Å². The highest BCUT2D eigenvalue weighted by Gasteiger charge is 2.04. The zero-order chi connectivity index (χ0) is 14.4. The third kappa shape index (κ3) is 3.71. The van der Waals surface area contributed by atoms with Crippen molar-refractivity contribution in [3.8, 4) is 11.5 Å². The molecule has 1 heterocycles. The Balaban J connectivity index is 1.82. The molecule has 0 saturated carbocycles. The van der Waals surface area contributed by atoms with Crippen molar-refractivity contribution < 1.29 is 9.47 Å². The Morgan fingerprint density at radius 3 is 2.65 bits per heavy atom. The van der Waals surface area contributed by atoms with E-state index in [4.69, 9.17) is 9.47 Å². The summed E-state index contributed by atoms with van der Waals surface area (Å²) < 4.78 is 12.2. The van der Waals surface area contributed by atoms with Gasteiger partial charge in [-0.15, -0.1) is 0 Å². The van der Waals surface area contributed by atoms with Crippen LogP contribution in [0.15, 0.2) is 24.5 Å². The number of hydrogen-bond acceptors (Lipinski definition) is 5. The van der Waals surface area contributed by atoms with Gasteiger partial charge in [0, 0.05) is 26.6 Å². The first-order valence-electron chi connectivity index (χ1n) is 6.49. The number of aromatic nitrogens is 3. The zero-order valence-corrected chi connectivity index (χ0v) is 12.1. The summed E-state index contributed by atoms with van der Waals surface area (Å²) in [6.45, 7) is 1.60. The topological polar surface area (TPSA) is 61.2 Å². The lowest BCUT2D eigenvalue weighted by Crippen LogP contribution is -2.17. The smallest absolute Gasteiger partial charge is 0.161 e. The van der Waals surface area contributed by atoms with Crippen LogP contribution < -0.4 is 14.8 Å². The molecule has 0 atom stereocenters. The minimum absolute atomic E-state index is 0.744. The van der Waals surface area contributed by atoms with Crippen molar-refractivity contribution in [3.63, 3.8) is 0 Å². The second-order valence-electron chi connectivity index (χ2n) is 4.45. The Morgan fingerprint density at radius 1 is 1.20 bits per heavy atom. The highest BCUT2D eigenvalue weighted by molar-refractivity contribution is 5.42. The van der Waals surface area contributed by atoms with Crippen LogP contribution >= 0.6 is 0 Å². The highest BCUT2D eigenvalue weighted by atomic mass is 16.5. The van der Waals surface area contributed by atoms with Gasteiger partial charge in [-0.2, -0.15) is 5.10 Å². The van der Waals surface area contributed by atoms with Crippen molar-refractivity contribution in [2.75, 3.05) is 20.8 Å². The van der Waals surface area contributed by atoms with Crippen LogP contribution in [0.4, 0.5) is 0 Å². The summed E-state index contributed by atoms with van der Waals surface area (Å²) in [7, 11) is 5.14. The molecule has 108 valence electrons. The lowest BCUT2D eigenvalue weighted by molar-refractivity contribution is 0.354. The fourth-order valence-electron chi connectivity index (χ4n) is 1.92. The molecular formula is C14H20N4O2. The van der Waals surface area contributed by atoms with E-state index in [-0.39, 0.29) is 0 Å². The van der Waals surface area contributed by atoms with E-state index in [2.05, 4.69) is 15.4 Å². The van der Waals surface area contributed by atoms with Gasteiger partial charge in [-0.25, -0.2) is 4.98 Å². The molecule has 0 spiro atoms. The third-order valence-electron chi connectivity index (χ3n) is 2.95. The number of aryl methyl sites for hydroxylation is 1. The monoisotopic (exact) mass is 276 g/mol. The molecule has 2 rings (SSSR count). The van der Waals surface area contributed by atoms with Gasteiger partial charge in [0.05, 0.1) is 14.2 Å². The number of ether oxygens (including phenoxy) is 2. The van der Waals surface area contributed by atoms with Gasteiger partial charge >= 0.3 is 0 Å². The summed E-state index contributed by atoms with van der Waals surface area (Å²) in [5.41, 5.74) is 1.15. The summed E-state index contributed by atoms with van der Waals surface area (Å²) in [6, 6.07) is 5.91. The van der Waals surface area contributed by atoms with Gasteiger partial charge in [-0.05, 0) is 17.7 Å². The molecule has 0 saturated heterocycles. The number of rotatable bonds is 7. The van der Waals surface area contributed by atoms with Crippen LogP contribution in [0.3, 0.4) is 0 Å². The van der Waals surface area contributed by atoms with E-state index in [0.717, 1.165) is 42.4 Å². The molecule has 0 bridgehead atoms. The van der Waals surface area contributed by atoms with Gasteiger partial charge in [-0.1, -0.05) is 6.07 Å². The molecule has 0 radical (unpaired) electrons. The molecule has 20 heavy (non-hydrogen) atoms. The standard InChI is InChI=1S/C14H20N4O2/c1-18-10-16-14(17-18)6-7-15-9-11-4-5-12(19-2)13(8-11)20-3/h4-5,8,10,15H,6-7,9H2,1-3H3. The first kappa shape index (κ1) is 14.3. The van der Waals surface area contributed by atoms with Crippen molar-refractivity contribution in [3.05, 3.63) is 35.9 Å². The first-order valence-corrected chi connectivity index (χ1v) is 6.49. The molecule has 1 N–H and O–H groups in total. The Hall–Kier alpha value is -2.08. The summed E-state index contributed by atoms with van der Waals surface area (Å²) in [5.74, 6) is 2.35.